The number of nitrogens with one attached hydrogen (secondary N) is 2. The van der Waals surface area contributed by atoms with Crippen molar-refractivity contribution in [1.29, 1.82) is 0 Å². The summed E-state index contributed by atoms with van der Waals surface area (Å²) in [7, 11) is 0. The van der Waals surface area contributed by atoms with Gasteiger partial charge in [0.05, 0.1) is 0 Å². The Morgan fingerprint density at radius 3 is 2.76 bits per heavy atom. The van der Waals surface area contributed by atoms with Gasteiger partial charge >= 0.3 is 0 Å². The van der Waals surface area contributed by atoms with Gasteiger partial charge in [0.1, 0.15) is 0 Å². The molecule has 1 aliphatic carbocycles. The van der Waals surface area contributed by atoms with Gasteiger partial charge in [-0.2, -0.15) is 0 Å². The maximum Gasteiger partial charge on any atom is 0.224 e. The van der Waals surface area contributed by atoms with Crippen molar-refractivity contribution in [3.63, 3.8) is 0 Å². The normalized spacial score (nSPS) is 27.6. The van der Waals surface area contributed by atoms with Crippen molar-refractivity contribution in [3.05, 3.63) is 35.4 Å². The molecule has 1 amide bonds. The maximum absolute atomic E-state index is 13.2. The Hall–Kier alpha value is -1.20. The molecule has 2 fully saturated rings. The van der Waals surface area contributed by atoms with Gasteiger partial charge in [0, 0.05) is 18.5 Å². The summed E-state index contributed by atoms with van der Waals surface area (Å²) in [5.74, 6) is -1.72. The standard InChI is InChI=1S/C15H18F2N2O.ClH/c16-13-4-3-9(6-14(13)17)11-7-12(11)15(20)19-10-2-1-5-18-8-10;/h3-4,6,10-12,18H,1-2,5,7-8H2,(H,19,20);1H/t10-,11?,12?;/m0./s1. The van der Waals surface area contributed by atoms with Crippen molar-refractivity contribution >= 4 is 18.3 Å². The first-order valence-corrected chi connectivity index (χ1v) is 7.11. The molecule has 6 heteroatoms. The molecule has 1 aromatic carbocycles. The van der Waals surface area contributed by atoms with Gasteiger partial charge in [-0.3, -0.25) is 4.79 Å². The summed E-state index contributed by atoms with van der Waals surface area (Å²) in [6.07, 6.45) is 2.79. The Kier molecular flexibility index (Phi) is 5.17. The number of amides is 1. The lowest BCUT2D eigenvalue weighted by Crippen LogP contribution is -2.46. The van der Waals surface area contributed by atoms with Gasteiger partial charge in [0.15, 0.2) is 11.6 Å². The molecule has 1 saturated carbocycles. The number of hydrogen-bond donors (Lipinski definition) is 2. The van der Waals surface area contributed by atoms with Gasteiger partial charge in [-0.25, -0.2) is 8.78 Å². The first-order chi connectivity index (χ1) is 9.65. The number of carbonyl (C=O) groups is 1. The minimum absolute atomic E-state index is 0. The number of hydrogen-bond acceptors (Lipinski definition) is 2. The molecular formula is C15H19ClF2N2O. The molecule has 1 saturated heterocycles. The molecule has 0 bridgehead atoms. The molecule has 2 unspecified atom stereocenters. The van der Waals surface area contributed by atoms with E-state index in [1.165, 1.54) is 6.07 Å². The summed E-state index contributed by atoms with van der Waals surface area (Å²) in [6, 6.07) is 4.10. The average Bonchev–Trinajstić information content (AvgIpc) is 3.23. The van der Waals surface area contributed by atoms with Crippen molar-refractivity contribution in [2.75, 3.05) is 13.1 Å². The molecule has 1 heterocycles. The molecule has 21 heavy (non-hydrogen) atoms. The molecule has 1 aliphatic heterocycles. The predicted octanol–water partition coefficient (Wildman–Crippen LogP) is 2.36. The smallest absolute Gasteiger partial charge is 0.224 e. The summed E-state index contributed by atoms with van der Waals surface area (Å²) >= 11 is 0. The fraction of sp³-hybridized carbons (Fsp3) is 0.533. The number of carbonyl (C=O) groups excluding carboxylic acids is 1. The molecule has 1 aromatic rings. The lowest BCUT2D eigenvalue weighted by atomic mass is 10.1. The number of benzene rings is 1. The lowest BCUT2D eigenvalue weighted by Gasteiger charge is -2.23. The summed E-state index contributed by atoms with van der Waals surface area (Å²) in [5, 5.41) is 6.29. The van der Waals surface area contributed by atoms with Crippen LogP contribution in [0.15, 0.2) is 18.2 Å². The van der Waals surface area contributed by atoms with Gasteiger partial charge in [-0.1, -0.05) is 6.07 Å². The van der Waals surface area contributed by atoms with E-state index in [0.717, 1.165) is 38.4 Å². The van der Waals surface area contributed by atoms with Crippen LogP contribution in [0.1, 0.15) is 30.7 Å². The van der Waals surface area contributed by atoms with E-state index < -0.39 is 11.6 Å². The predicted molar refractivity (Wildman–Crippen MR) is 78.5 cm³/mol. The third kappa shape index (κ3) is 3.71. The van der Waals surface area contributed by atoms with Crippen molar-refractivity contribution in [2.24, 2.45) is 5.92 Å². The fourth-order valence-corrected chi connectivity index (χ4v) is 2.88. The minimum atomic E-state index is -0.844. The van der Waals surface area contributed by atoms with Gasteiger partial charge in [-0.15, -0.1) is 12.4 Å². The second-order valence-electron chi connectivity index (χ2n) is 5.67. The first kappa shape index (κ1) is 16.2. The van der Waals surface area contributed by atoms with Crippen LogP contribution in [0.5, 0.6) is 0 Å². The molecule has 3 atom stereocenters. The van der Waals surface area contributed by atoms with E-state index in [1.54, 1.807) is 6.07 Å². The molecule has 116 valence electrons. The minimum Gasteiger partial charge on any atom is -0.352 e. The van der Waals surface area contributed by atoms with Crippen LogP contribution in [0.2, 0.25) is 0 Å². The lowest BCUT2D eigenvalue weighted by molar-refractivity contribution is -0.123. The molecule has 0 aromatic heterocycles. The molecule has 2 N–H and O–H groups in total. The van der Waals surface area contributed by atoms with Gasteiger partial charge < -0.3 is 10.6 Å². The topological polar surface area (TPSA) is 41.1 Å². The maximum atomic E-state index is 13.2. The molecular weight excluding hydrogens is 298 g/mol. The quantitative estimate of drug-likeness (QED) is 0.899. The largest absolute Gasteiger partial charge is 0.352 e. The van der Waals surface area contributed by atoms with E-state index >= 15 is 0 Å². The summed E-state index contributed by atoms with van der Waals surface area (Å²) in [4.78, 5) is 12.1. The van der Waals surface area contributed by atoms with Crippen molar-refractivity contribution < 1.29 is 13.6 Å². The number of rotatable bonds is 3. The van der Waals surface area contributed by atoms with Crippen LogP contribution >= 0.6 is 12.4 Å². The van der Waals surface area contributed by atoms with Crippen LogP contribution < -0.4 is 10.6 Å². The Morgan fingerprint density at radius 2 is 2.10 bits per heavy atom. The van der Waals surface area contributed by atoms with Gasteiger partial charge in [0.2, 0.25) is 5.91 Å². The summed E-state index contributed by atoms with van der Waals surface area (Å²) in [6.45, 7) is 1.82. The van der Waals surface area contributed by atoms with Crippen LogP contribution in [0.4, 0.5) is 8.78 Å². The van der Waals surface area contributed by atoms with Crippen LogP contribution in [0, 0.1) is 17.6 Å². The average molecular weight is 317 g/mol. The van der Waals surface area contributed by atoms with E-state index in [1.807, 2.05) is 0 Å². The van der Waals surface area contributed by atoms with Crippen LogP contribution in [0.25, 0.3) is 0 Å². The Bertz CT molecular complexity index is 520. The summed E-state index contributed by atoms with van der Waals surface area (Å²) in [5.41, 5.74) is 0.714. The number of piperidine rings is 1. The van der Waals surface area contributed by atoms with Crippen LogP contribution in [-0.4, -0.2) is 25.0 Å². The monoisotopic (exact) mass is 316 g/mol. The van der Waals surface area contributed by atoms with Crippen molar-refractivity contribution in [1.82, 2.24) is 10.6 Å². The van der Waals surface area contributed by atoms with Crippen LogP contribution in [0.3, 0.4) is 0 Å². The highest BCUT2D eigenvalue weighted by molar-refractivity contribution is 5.85. The zero-order valence-electron chi connectivity index (χ0n) is 11.6. The van der Waals surface area contributed by atoms with E-state index in [-0.39, 0.29) is 36.2 Å². The molecule has 0 spiro atoms. The first-order valence-electron chi connectivity index (χ1n) is 7.11. The highest BCUT2D eigenvalue weighted by atomic mass is 35.5. The molecule has 0 radical (unpaired) electrons. The number of halogens is 3. The zero-order chi connectivity index (χ0) is 14.1. The van der Waals surface area contributed by atoms with Crippen molar-refractivity contribution in [2.45, 2.75) is 31.2 Å². The Morgan fingerprint density at radius 1 is 1.29 bits per heavy atom. The molecule has 2 aliphatic rings. The third-order valence-corrected chi connectivity index (χ3v) is 4.14. The van der Waals surface area contributed by atoms with E-state index in [2.05, 4.69) is 10.6 Å². The third-order valence-electron chi connectivity index (χ3n) is 4.14. The Balaban J connectivity index is 0.00000161. The molecule has 3 nitrogen and oxygen atoms in total. The van der Waals surface area contributed by atoms with E-state index in [9.17, 15) is 13.6 Å². The molecule has 3 rings (SSSR count). The fourth-order valence-electron chi connectivity index (χ4n) is 2.88. The van der Waals surface area contributed by atoms with Crippen molar-refractivity contribution in [3.8, 4) is 0 Å². The SMILES string of the molecule is Cl.O=C(N[C@H]1CCCNC1)C1CC1c1ccc(F)c(F)c1. The summed E-state index contributed by atoms with van der Waals surface area (Å²) < 4.78 is 26.1. The Labute approximate surface area is 128 Å². The second kappa shape index (κ2) is 6.71. The highest BCUT2D eigenvalue weighted by Gasteiger charge is 2.44. The van der Waals surface area contributed by atoms with Crippen LogP contribution in [-0.2, 0) is 4.79 Å². The van der Waals surface area contributed by atoms with E-state index in [0.29, 0.717) is 5.56 Å². The van der Waals surface area contributed by atoms with E-state index in [4.69, 9.17) is 0 Å². The second-order valence-corrected chi connectivity index (χ2v) is 5.67. The van der Waals surface area contributed by atoms with Gasteiger partial charge in [-0.05, 0) is 49.4 Å². The zero-order valence-corrected chi connectivity index (χ0v) is 12.4. The van der Waals surface area contributed by atoms with Gasteiger partial charge in [0.25, 0.3) is 0 Å². The highest BCUT2D eigenvalue weighted by Crippen LogP contribution is 2.47.